The van der Waals surface area contributed by atoms with Gasteiger partial charge < -0.3 is 19.2 Å². The minimum atomic E-state index is -0.910. The first-order chi connectivity index (χ1) is 13.5. The standard InChI is InChI=1S/C22H27NO6/c1-12-10-16(27-19(24)13(2)23-21(26)29-22(3,4)5)18-14-8-6-7-9-15(14)20(25)28-17(18)11-12/h10-11,13H,6-9H2,1-5H3,(H,23,26)/t13-/m1/s1. The molecule has 7 heteroatoms. The molecule has 1 amide bonds. The van der Waals surface area contributed by atoms with Crippen molar-refractivity contribution >= 4 is 23.0 Å². The van der Waals surface area contributed by atoms with E-state index in [1.165, 1.54) is 6.92 Å². The minimum Gasteiger partial charge on any atom is -0.444 e. The van der Waals surface area contributed by atoms with Gasteiger partial charge in [-0.15, -0.1) is 0 Å². The van der Waals surface area contributed by atoms with Crippen LogP contribution in [0.25, 0.3) is 11.0 Å². The van der Waals surface area contributed by atoms with E-state index >= 15 is 0 Å². The average Bonchev–Trinajstić information content (AvgIpc) is 2.59. The number of carbonyl (C=O) groups is 2. The maximum atomic E-state index is 12.6. The van der Waals surface area contributed by atoms with Gasteiger partial charge in [0, 0.05) is 5.56 Å². The summed E-state index contributed by atoms with van der Waals surface area (Å²) in [6.45, 7) is 8.58. The van der Waals surface area contributed by atoms with Crippen molar-refractivity contribution in [2.75, 3.05) is 0 Å². The van der Waals surface area contributed by atoms with Crippen LogP contribution in [0.4, 0.5) is 4.79 Å². The van der Waals surface area contributed by atoms with Crippen molar-refractivity contribution < 1.29 is 23.5 Å². The predicted molar refractivity (Wildman–Crippen MR) is 108 cm³/mol. The lowest BCUT2D eigenvalue weighted by Gasteiger charge is -2.22. The molecule has 0 fully saturated rings. The second-order valence-corrected chi connectivity index (χ2v) is 8.48. The molecule has 29 heavy (non-hydrogen) atoms. The zero-order valence-corrected chi connectivity index (χ0v) is 17.5. The van der Waals surface area contributed by atoms with E-state index < -0.39 is 23.7 Å². The minimum absolute atomic E-state index is 0.324. The van der Waals surface area contributed by atoms with Gasteiger partial charge in [-0.2, -0.15) is 0 Å². The Kier molecular flexibility index (Phi) is 5.68. The Morgan fingerprint density at radius 2 is 1.79 bits per heavy atom. The summed E-state index contributed by atoms with van der Waals surface area (Å²) in [5, 5.41) is 3.14. The van der Waals surface area contributed by atoms with Crippen LogP contribution in [-0.2, 0) is 22.4 Å². The van der Waals surface area contributed by atoms with Crippen LogP contribution in [0, 0.1) is 6.92 Å². The van der Waals surface area contributed by atoms with Gasteiger partial charge in [0.15, 0.2) is 0 Å². The molecule has 1 aromatic heterocycles. The van der Waals surface area contributed by atoms with Gasteiger partial charge in [-0.1, -0.05) is 0 Å². The third-order valence-electron chi connectivity index (χ3n) is 4.73. The van der Waals surface area contributed by atoms with Crippen LogP contribution < -0.4 is 15.7 Å². The fourth-order valence-corrected chi connectivity index (χ4v) is 3.49. The molecular weight excluding hydrogens is 374 g/mol. The molecule has 1 aliphatic rings. The number of hydrogen-bond donors (Lipinski definition) is 1. The van der Waals surface area contributed by atoms with Gasteiger partial charge in [-0.3, -0.25) is 0 Å². The number of alkyl carbamates (subject to hydrolysis) is 1. The Balaban J connectivity index is 1.90. The number of aryl methyl sites for hydroxylation is 2. The summed E-state index contributed by atoms with van der Waals surface area (Å²) >= 11 is 0. The average molecular weight is 401 g/mol. The van der Waals surface area contributed by atoms with Crippen molar-refractivity contribution in [1.29, 1.82) is 0 Å². The van der Waals surface area contributed by atoms with Crippen molar-refractivity contribution in [3.63, 3.8) is 0 Å². The third-order valence-corrected chi connectivity index (χ3v) is 4.73. The van der Waals surface area contributed by atoms with E-state index in [-0.39, 0.29) is 5.63 Å². The van der Waals surface area contributed by atoms with Gasteiger partial charge in [-0.05, 0) is 83.6 Å². The highest BCUT2D eigenvalue weighted by atomic mass is 16.6. The summed E-state index contributed by atoms with van der Waals surface area (Å²) in [6.07, 6.45) is 2.59. The van der Waals surface area contributed by atoms with E-state index in [2.05, 4.69) is 5.32 Å². The van der Waals surface area contributed by atoms with Crippen LogP contribution >= 0.6 is 0 Å². The number of carbonyl (C=O) groups excluding carboxylic acids is 2. The van der Waals surface area contributed by atoms with Crippen LogP contribution in [0.1, 0.15) is 57.2 Å². The monoisotopic (exact) mass is 401 g/mol. The van der Waals surface area contributed by atoms with E-state index in [9.17, 15) is 14.4 Å². The molecule has 1 heterocycles. The largest absolute Gasteiger partial charge is 0.444 e. The smallest absolute Gasteiger partial charge is 0.408 e. The normalized spacial score (nSPS) is 14.8. The number of fused-ring (bicyclic) bond motifs is 3. The predicted octanol–water partition coefficient (Wildman–Crippen LogP) is 3.80. The number of rotatable bonds is 3. The second kappa shape index (κ2) is 7.89. The topological polar surface area (TPSA) is 94.8 Å². The molecule has 2 aromatic rings. The first-order valence-electron chi connectivity index (χ1n) is 9.85. The zero-order chi connectivity index (χ0) is 21.3. The Morgan fingerprint density at radius 1 is 1.14 bits per heavy atom. The summed E-state index contributed by atoms with van der Waals surface area (Å²) in [5.41, 5.74) is 1.76. The quantitative estimate of drug-likeness (QED) is 0.478. The van der Waals surface area contributed by atoms with Crippen LogP contribution in [0.15, 0.2) is 21.3 Å². The number of benzene rings is 1. The Hall–Kier alpha value is -2.83. The molecule has 0 aliphatic heterocycles. The SMILES string of the molecule is Cc1cc(OC(=O)[C@@H](C)NC(=O)OC(C)(C)C)c2c3c(c(=O)oc2c1)CCCC3. The lowest BCUT2D eigenvalue weighted by Crippen LogP contribution is -2.43. The second-order valence-electron chi connectivity index (χ2n) is 8.48. The zero-order valence-electron chi connectivity index (χ0n) is 17.5. The molecule has 0 radical (unpaired) electrons. The molecular formula is C22H27NO6. The maximum Gasteiger partial charge on any atom is 0.408 e. The van der Waals surface area contributed by atoms with Gasteiger partial charge in [0.2, 0.25) is 0 Å². The fourth-order valence-electron chi connectivity index (χ4n) is 3.49. The van der Waals surface area contributed by atoms with E-state index in [4.69, 9.17) is 13.9 Å². The van der Waals surface area contributed by atoms with Crippen molar-refractivity contribution in [2.24, 2.45) is 0 Å². The summed E-state index contributed by atoms with van der Waals surface area (Å²) in [6, 6.07) is 2.60. The highest BCUT2D eigenvalue weighted by molar-refractivity contribution is 5.92. The molecule has 0 saturated heterocycles. The van der Waals surface area contributed by atoms with Gasteiger partial charge in [-0.25, -0.2) is 14.4 Å². The van der Waals surface area contributed by atoms with Crippen molar-refractivity contribution in [3.8, 4) is 5.75 Å². The number of hydrogen-bond acceptors (Lipinski definition) is 6. The van der Waals surface area contributed by atoms with E-state index in [0.29, 0.717) is 28.7 Å². The highest BCUT2D eigenvalue weighted by Gasteiger charge is 2.25. The lowest BCUT2D eigenvalue weighted by atomic mass is 9.90. The van der Waals surface area contributed by atoms with E-state index in [1.54, 1.807) is 32.9 Å². The number of amides is 1. The molecule has 0 spiro atoms. The molecule has 1 aliphatic carbocycles. The lowest BCUT2D eigenvalue weighted by molar-refractivity contribution is -0.136. The first kappa shape index (κ1) is 20.9. The highest BCUT2D eigenvalue weighted by Crippen LogP contribution is 2.34. The molecule has 1 aromatic carbocycles. The fraction of sp³-hybridized carbons (Fsp3) is 0.500. The van der Waals surface area contributed by atoms with Gasteiger partial charge in [0.05, 0.1) is 5.39 Å². The van der Waals surface area contributed by atoms with Crippen LogP contribution in [0.3, 0.4) is 0 Å². The molecule has 0 bridgehead atoms. The van der Waals surface area contributed by atoms with Gasteiger partial charge >= 0.3 is 17.7 Å². The molecule has 1 N–H and O–H groups in total. The number of esters is 1. The molecule has 156 valence electrons. The molecule has 1 atom stereocenters. The summed E-state index contributed by atoms with van der Waals surface area (Å²) in [7, 11) is 0. The maximum absolute atomic E-state index is 12.6. The Bertz CT molecular complexity index is 1010. The molecule has 0 unspecified atom stereocenters. The first-order valence-corrected chi connectivity index (χ1v) is 9.85. The van der Waals surface area contributed by atoms with Gasteiger partial charge in [0.1, 0.15) is 23.0 Å². The van der Waals surface area contributed by atoms with Crippen molar-refractivity contribution in [1.82, 2.24) is 5.32 Å². The Labute approximate surface area is 169 Å². The van der Waals surface area contributed by atoms with Crippen molar-refractivity contribution in [2.45, 2.75) is 71.9 Å². The Morgan fingerprint density at radius 3 is 2.45 bits per heavy atom. The van der Waals surface area contributed by atoms with Gasteiger partial charge in [0.25, 0.3) is 0 Å². The van der Waals surface area contributed by atoms with Crippen LogP contribution in [0.2, 0.25) is 0 Å². The number of ether oxygens (including phenoxy) is 2. The number of nitrogens with one attached hydrogen (secondary N) is 1. The van der Waals surface area contributed by atoms with Crippen LogP contribution in [-0.4, -0.2) is 23.7 Å². The van der Waals surface area contributed by atoms with Crippen LogP contribution in [0.5, 0.6) is 5.75 Å². The summed E-state index contributed by atoms with van der Waals surface area (Å²) in [4.78, 5) is 36.9. The van der Waals surface area contributed by atoms with E-state index in [1.807, 2.05) is 6.92 Å². The third kappa shape index (κ3) is 4.78. The molecule has 0 saturated carbocycles. The molecule has 3 rings (SSSR count). The summed E-state index contributed by atoms with van der Waals surface area (Å²) < 4.78 is 16.3. The molecule has 7 nitrogen and oxygen atoms in total. The van der Waals surface area contributed by atoms with E-state index in [0.717, 1.165) is 30.4 Å². The summed E-state index contributed by atoms with van der Waals surface area (Å²) in [5.74, 6) is -0.289. The van der Waals surface area contributed by atoms with Crippen molar-refractivity contribution in [3.05, 3.63) is 39.2 Å².